The van der Waals surface area contributed by atoms with Crippen molar-refractivity contribution in [3.63, 3.8) is 0 Å². The number of aromatic nitrogens is 2. The van der Waals surface area contributed by atoms with Gasteiger partial charge in [-0.2, -0.15) is 4.98 Å². The van der Waals surface area contributed by atoms with Crippen LogP contribution in [0.4, 0.5) is 17.5 Å². The highest BCUT2D eigenvalue weighted by Gasteiger charge is 2.20. The van der Waals surface area contributed by atoms with Gasteiger partial charge in [-0.3, -0.25) is 4.79 Å². The molecule has 2 aliphatic rings. The molecule has 0 radical (unpaired) electrons. The molecule has 174 valence electrons. The number of hydrogen-bond donors (Lipinski definition) is 4. The predicted molar refractivity (Wildman–Crippen MR) is 136 cm³/mol. The molecular weight excluding hydrogens is 432 g/mol. The Morgan fingerprint density at radius 3 is 2.67 bits per heavy atom. The van der Waals surface area contributed by atoms with Gasteiger partial charge in [0.1, 0.15) is 5.82 Å². The summed E-state index contributed by atoms with van der Waals surface area (Å²) in [4.78, 5) is 22.3. The summed E-state index contributed by atoms with van der Waals surface area (Å²) in [6.07, 6.45) is 6.80. The molecule has 1 saturated heterocycles. The number of fused-ring (bicyclic) bond motifs is 1. The molecule has 5 rings (SSSR count). The molecule has 1 amide bonds. The van der Waals surface area contributed by atoms with Crippen molar-refractivity contribution in [2.24, 2.45) is 5.92 Å². The van der Waals surface area contributed by atoms with E-state index in [1.54, 1.807) is 11.3 Å². The minimum atomic E-state index is -0.0337. The van der Waals surface area contributed by atoms with Crippen molar-refractivity contribution in [1.29, 1.82) is 0 Å². The summed E-state index contributed by atoms with van der Waals surface area (Å²) in [5.74, 6) is 2.22. The monoisotopic (exact) mass is 464 g/mol. The molecular formula is C25H32N6OS. The lowest BCUT2D eigenvalue weighted by Gasteiger charge is -2.27. The van der Waals surface area contributed by atoms with Crippen LogP contribution < -0.4 is 21.3 Å². The Morgan fingerprint density at radius 1 is 1.03 bits per heavy atom. The fourth-order valence-electron chi connectivity index (χ4n) is 4.72. The van der Waals surface area contributed by atoms with Crippen LogP contribution in [0.15, 0.2) is 35.7 Å². The molecule has 0 bridgehead atoms. The maximum atomic E-state index is 12.8. The molecule has 4 N–H and O–H groups in total. The van der Waals surface area contributed by atoms with Gasteiger partial charge in [0, 0.05) is 23.3 Å². The average molecular weight is 465 g/mol. The minimum absolute atomic E-state index is 0.0337. The van der Waals surface area contributed by atoms with Crippen LogP contribution in [0.1, 0.15) is 55.8 Å². The molecule has 1 aromatic carbocycles. The number of hydrogen-bond acceptors (Lipinski definition) is 7. The van der Waals surface area contributed by atoms with E-state index in [1.165, 1.54) is 25.7 Å². The maximum absolute atomic E-state index is 12.8. The summed E-state index contributed by atoms with van der Waals surface area (Å²) < 4.78 is 1.09. The van der Waals surface area contributed by atoms with E-state index in [4.69, 9.17) is 9.97 Å². The first-order chi connectivity index (χ1) is 16.1. The second kappa shape index (κ2) is 10.1. The number of nitrogens with one attached hydrogen (secondary N) is 4. The molecule has 1 aliphatic carbocycles. The molecule has 0 unspecified atom stereocenters. The molecule has 8 heteroatoms. The van der Waals surface area contributed by atoms with Gasteiger partial charge >= 0.3 is 0 Å². The van der Waals surface area contributed by atoms with Crippen LogP contribution in [0.2, 0.25) is 0 Å². The molecule has 1 saturated carbocycles. The predicted octanol–water partition coefficient (Wildman–Crippen LogP) is 4.91. The van der Waals surface area contributed by atoms with Crippen LogP contribution in [0.5, 0.6) is 0 Å². The quantitative estimate of drug-likeness (QED) is 0.415. The number of carbonyl (C=O) groups is 1. The van der Waals surface area contributed by atoms with E-state index >= 15 is 0 Å². The Bertz CT molecular complexity index is 1100. The number of carbonyl (C=O) groups excluding carboxylic acids is 1. The first-order valence-corrected chi connectivity index (χ1v) is 12.9. The Balaban J connectivity index is 1.31. The van der Waals surface area contributed by atoms with Crippen molar-refractivity contribution in [2.75, 3.05) is 23.7 Å². The van der Waals surface area contributed by atoms with Gasteiger partial charge in [-0.05, 0) is 87.2 Å². The van der Waals surface area contributed by atoms with E-state index in [9.17, 15) is 4.79 Å². The molecule has 2 fully saturated rings. The number of benzene rings is 1. The molecule has 33 heavy (non-hydrogen) atoms. The van der Waals surface area contributed by atoms with Gasteiger partial charge in [0.05, 0.1) is 10.2 Å². The van der Waals surface area contributed by atoms with E-state index in [2.05, 4.69) is 33.6 Å². The Morgan fingerprint density at radius 2 is 1.85 bits per heavy atom. The van der Waals surface area contributed by atoms with Gasteiger partial charge in [0.15, 0.2) is 0 Å². The van der Waals surface area contributed by atoms with Gasteiger partial charge in [-0.25, -0.2) is 4.98 Å². The normalized spacial score (nSPS) is 21.6. The first kappa shape index (κ1) is 22.1. The van der Waals surface area contributed by atoms with Crippen molar-refractivity contribution in [2.45, 2.75) is 57.5 Å². The number of anilines is 3. The molecule has 3 aromatic rings. The van der Waals surface area contributed by atoms with Gasteiger partial charge in [0.2, 0.25) is 5.95 Å². The number of nitrogens with zero attached hydrogens (tertiary/aromatic N) is 2. The summed E-state index contributed by atoms with van der Waals surface area (Å²) in [6.45, 7) is 4.23. The minimum Gasteiger partial charge on any atom is -0.366 e. The van der Waals surface area contributed by atoms with Crippen LogP contribution >= 0.6 is 11.3 Å². The molecule has 2 aromatic heterocycles. The van der Waals surface area contributed by atoms with Crippen LogP contribution in [0, 0.1) is 5.92 Å². The van der Waals surface area contributed by atoms with Gasteiger partial charge in [0.25, 0.3) is 5.91 Å². The van der Waals surface area contributed by atoms with E-state index in [-0.39, 0.29) is 11.9 Å². The van der Waals surface area contributed by atoms with Crippen molar-refractivity contribution in [3.05, 3.63) is 41.3 Å². The first-order valence-electron chi connectivity index (χ1n) is 12.0. The van der Waals surface area contributed by atoms with Crippen LogP contribution in [0.25, 0.3) is 10.2 Å². The van der Waals surface area contributed by atoms with Crippen molar-refractivity contribution < 1.29 is 4.79 Å². The summed E-state index contributed by atoms with van der Waals surface area (Å²) in [6, 6.07) is 10.3. The average Bonchev–Trinajstić information content (AvgIpc) is 3.30. The SMILES string of the molecule is CC1CCC(Nc2nc(Nc3cccc(C(=O)NC4CCNCC4)c3)nc3ccsc23)CC1. The Kier molecular flexibility index (Phi) is 6.73. The summed E-state index contributed by atoms with van der Waals surface area (Å²) in [5.41, 5.74) is 2.38. The molecule has 0 atom stereocenters. The van der Waals surface area contributed by atoms with Crippen LogP contribution in [-0.2, 0) is 0 Å². The van der Waals surface area contributed by atoms with E-state index in [0.717, 1.165) is 53.6 Å². The second-order valence-electron chi connectivity index (χ2n) is 9.34. The Hall–Kier alpha value is -2.71. The van der Waals surface area contributed by atoms with E-state index < -0.39 is 0 Å². The van der Waals surface area contributed by atoms with Crippen molar-refractivity contribution in [3.8, 4) is 0 Å². The second-order valence-corrected chi connectivity index (χ2v) is 10.3. The number of rotatable bonds is 6. The summed E-state index contributed by atoms with van der Waals surface area (Å²) >= 11 is 1.67. The fourth-order valence-corrected chi connectivity index (χ4v) is 5.50. The Labute approximate surface area is 198 Å². The lowest BCUT2D eigenvalue weighted by molar-refractivity contribution is 0.0929. The third kappa shape index (κ3) is 5.45. The largest absolute Gasteiger partial charge is 0.366 e. The zero-order valence-corrected chi connectivity index (χ0v) is 19.9. The summed E-state index contributed by atoms with van der Waals surface area (Å²) in [7, 11) is 0. The van der Waals surface area contributed by atoms with Crippen molar-refractivity contribution in [1.82, 2.24) is 20.6 Å². The zero-order valence-electron chi connectivity index (χ0n) is 19.1. The highest BCUT2D eigenvalue weighted by molar-refractivity contribution is 7.17. The number of amides is 1. The summed E-state index contributed by atoms with van der Waals surface area (Å²) in [5, 5.41) is 15.5. The third-order valence-corrected chi connectivity index (χ3v) is 7.63. The fraction of sp³-hybridized carbons (Fsp3) is 0.480. The lowest BCUT2D eigenvalue weighted by Crippen LogP contribution is -2.42. The zero-order chi connectivity index (χ0) is 22.6. The molecule has 7 nitrogen and oxygen atoms in total. The lowest BCUT2D eigenvalue weighted by atomic mass is 9.87. The number of thiophene rings is 1. The molecule has 3 heterocycles. The maximum Gasteiger partial charge on any atom is 0.251 e. The van der Waals surface area contributed by atoms with E-state index in [0.29, 0.717) is 17.6 Å². The molecule has 0 spiro atoms. The van der Waals surface area contributed by atoms with Crippen molar-refractivity contribution >= 4 is 44.9 Å². The molecule has 1 aliphatic heterocycles. The third-order valence-electron chi connectivity index (χ3n) is 6.72. The van der Waals surface area contributed by atoms with Gasteiger partial charge < -0.3 is 21.3 Å². The topological polar surface area (TPSA) is 91.0 Å². The number of piperidine rings is 1. The highest BCUT2D eigenvalue weighted by Crippen LogP contribution is 2.32. The standard InChI is InChI=1S/C25H32N6OS/c1-16-5-7-18(8-6-16)27-23-22-21(11-14-33-22)30-25(31-23)29-20-4-2-3-17(15-20)24(32)28-19-9-12-26-13-10-19/h2-4,11,14-16,18-19,26H,5-10,12-13H2,1H3,(H,28,32)(H2,27,29,30,31). The van der Waals surface area contributed by atoms with Crippen LogP contribution in [0.3, 0.4) is 0 Å². The van der Waals surface area contributed by atoms with Gasteiger partial charge in [-0.15, -0.1) is 11.3 Å². The van der Waals surface area contributed by atoms with Crippen LogP contribution in [-0.4, -0.2) is 41.0 Å². The highest BCUT2D eigenvalue weighted by atomic mass is 32.1. The smallest absolute Gasteiger partial charge is 0.251 e. The van der Waals surface area contributed by atoms with Gasteiger partial charge in [-0.1, -0.05) is 13.0 Å². The van der Waals surface area contributed by atoms with E-state index in [1.807, 2.05) is 30.3 Å².